The van der Waals surface area contributed by atoms with Crippen molar-refractivity contribution >= 4 is 46.8 Å². The molecule has 6 amide bonds. The minimum absolute atomic E-state index is 0.0259. The van der Waals surface area contributed by atoms with Crippen molar-refractivity contribution in [3.05, 3.63) is 112 Å². The molecule has 1 saturated heterocycles. The number of nitrogens with one attached hydrogen (secondary N) is 4. The van der Waals surface area contributed by atoms with Gasteiger partial charge in [-0.15, -0.1) is 11.3 Å². The van der Waals surface area contributed by atoms with Gasteiger partial charge in [0.15, 0.2) is 11.5 Å². The summed E-state index contributed by atoms with van der Waals surface area (Å²) in [5, 5.41) is 36.9. The fraction of sp³-hybridized carbons (Fsp3) is 0.423. The second-order valence-electron chi connectivity index (χ2n) is 19.2. The Bertz CT molecular complexity index is 2690. The fourth-order valence-corrected chi connectivity index (χ4v) is 9.65. The smallest absolute Gasteiger partial charge is 0.273 e. The molecule has 3 aromatic carbocycles. The number of fused-ring (bicyclic) bond motifs is 1. The van der Waals surface area contributed by atoms with Gasteiger partial charge in [0, 0.05) is 64.1 Å². The van der Waals surface area contributed by atoms with E-state index in [1.165, 1.54) is 33.6 Å². The molecule has 1 aliphatic heterocycles. The summed E-state index contributed by atoms with van der Waals surface area (Å²) < 4.78 is 5.42. The van der Waals surface area contributed by atoms with Gasteiger partial charge in [-0.25, -0.2) is 4.98 Å². The highest BCUT2D eigenvalue weighted by atomic mass is 32.1. The molecule has 1 fully saturated rings. The number of phenols is 1. The van der Waals surface area contributed by atoms with Crippen LogP contribution in [0.2, 0.25) is 0 Å². The largest absolute Gasteiger partial charge is 0.507 e. The number of β-amino-alcohol motifs (C(OH)–C–C–N with tert-alkyl or cyclic N) is 1. The van der Waals surface area contributed by atoms with Crippen LogP contribution in [-0.2, 0) is 32.1 Å². The Balaban J connectivity index is 0.794. The molecule has 3 heterocycles. The molecule has 1 aliphatic carbocycles. The average molecular weight is 975 g/mol. The Morgan fingerprint density at radius 2 is 1.66 bits per heavy atom. The maximum Gasteiger partial charge on any atom is 0.273 e. The SMILES string of the molecule is Cc1ncsc1-c1ccc(CNC(=O)[C@@H]2C[C@@H](O)CN2C(=O)[C@@H](NC(=O)CCCCCC(=O)NCCN(C)C(=O)c2ccc(-c3cc(C(=O)N[C@@H]4CCc5ccccc54)no3)cc2O)C(C)(C)C)cc1. The summed E-state index contributed by atoms with van der Waals surface area (Å²) in [6, 6.07) is 19.8. The van der Waals surface area contributed by atoms with E-state index in [1.807, 2.05) is 70.2 Å². The van der Waals surface area contributed by atoms with Crippen molar-refractivity contribution < 1.29 is 43.5 Å². The number of aryl methyl sites for hydroxylation is 2. The molecule has 0 bridgehead atoms. The number of rotatable bonds is 19. The quantitative estimate of drug-likeness (QED) is 0.0538. The Labute approximate surface area is 411 Å². The van der Waals surface area contributed by atoms with Crippen LogP contribution in [0.4, 0.5) is 0 Å². The highest BCUT2D eigenvalue weighted by Crippen LogP contribution is 2.33. The number of nitrogens with zero attached hydrogens (tertiary/aromatic N) is 4. The van der Waals surface area contributed by atoms with Gasteiger partial charge in [0.05, 0.1) is 33.8 Å². The number of phenolic OH excluding ortho intramolecular Hbond substituents is 1. The third kappa shape index (κ3) is 12.6. The summed E-state index contributed by atoms with van der Waals surface area (Å²) in [6.07, 6.45) is 2.79. The van der Waals surface area contributed by atoms with E-state index in [0.29, 0.717) is 24.8 Å². The van der Waals surface area contributed by atoms with Gasteiger partial charge in [-0.2, -0.15) is 0 Å². The molecule has 0 saturated carbocycles. The molecule has 0 radical (unpaired) electrons. The van der Waals surface area contributed by atoms with Crippen molar-refractivity contribution in [2.45, 2.75) is 110 Å². The van der Waals surface area contributed by atoms with Gasteiger partial charge in [0.25, 0.3) is 11.8 Å². The molecule has 2 aromatic heterocycles. The van der Waals surface area contributed by atoms with Crippen LogP contribution < -0.4 is 21.3 Å². The topological polar surface area (TPSA) is 236 Å². The third-order valence-electron chi connectivity index (χ3n) is 12.8. The van der Waals surface area contributed by atoms with E-state index in [0.717, 1.165) is 40.1 Å². The maximum atomic E-state index is 14.0. The van der Waals surface area contributed by atoms with E-state index >= 15 is 0 Å². The number of aromatic hydroxyl groups is 1. The molecule has 2 aliphatic rings. The van der Waals surface area contributed by atoms with Crippen LogP contribution in [0.1, 0.15) is 115 Å². The lowest BCUT2D eigenvalue weighted by molar-refractivity contribution is -0.144. The monoisotopic (exact) mass is 974 g/mol. The summed E-state index contributed by atoms with van der Waals surface area (Å²) >= 11 is 1.56. The number of amides is 6. The molecule has 370 valence electrons. The minimum Gasteiger partial charge on any atom is -0.507 e. The molecule has 4 atom stereocenters. The van der Waals surface area contributed by atoms with E-state index in [2.05, 4.69) is 37.5 Å². The van der Waals surface area contributed by atoms with Gasteiger partial charge in [0.2, 0.25) is 23.6 Å². The summed E-state index contributed by atoms with van der Waals surface area (Å²) in [6.45, 7) is 8.03. The van der Waals surface area contributed by atoms with Crippen LogP contribution in [0.3, 0.4) is 0 Å². The number of benzene rings is 3. The summed E-state index contributed by atoms with van der Waals surface area (Å²) in [4.78, 5) is 87.6. The van der Waals surface area contributed by atoms with Crippen molar-refractivity contribution in [2.75, 3.05) is 26.7 Å². The second kappa shape index (κ2) is 22.7. The van der Waals surface area contributed by atoms with Gasteiger partial charge in [-0.05, 0) is 72.4 Å². The van der Waals surface area contributed by atoms with Crippen LogP contribution in [0.5, 0.6) is 5.75 Å². The van der Waals surface area contributed by atoms with E-state index in [9.17, 15) is 39.0 Å². The first kappa shape index (κ1) is 50.9. The van der Waals surface area contributed by atoms with Crippen molar-refractivity contribution in [2.24, 2.45) is 5.41 Å². The Hall–Kier alpha value is -6.92. The van der Waals surface area contributed by atoms with Crippen molar-refractivity contribution in [3.8, 4) is 27.5 Å². The third-order valence-corrected chi connectivity index (χ3v) is 13.8. The van der Waals surface area contributed by atoms with Crippen LogP contribution >= 0.6 is 11.3 Å². The predicted octanol–water partition coefficient (Wildman–Crippen LogP) is 5.84. The van der Waals surface area contributed by atoms with Gasteiger partial charge in [-0.3, -0.25) is 28.8 Å². The number of likely N-dealkylation sites (N-methyl/N-ethyl adjacent to an activating group) is 1. The van der Waals surface area contributed by atoms with Crippen LogP contribution in [0, 0.1) is 12.3 Å². The van der Waals surface area contributed by atoms with Gasteiger partial charge < -0.3 is 45.8 Å². The zero-order chi connectivity index (χ0) is 50.1. The summed E-state index contributed by atoms with van der Waals surface area (Å²) in [5.41, 5.74) is 6.85. The molecule has 18 heteroatoms. The van der Waals surface area contributed by atoms with E-state index in [1.54, 1.807) is 30.0 Å². The zero-order valence-corrected chi connectivity index (χ0v) is 41.1. The molecule has 17 nitrogen and oxygen atoms in total. The molecular weight excluding hydrogens is 913 g/mol. The molecule has 6 N–H and O–H groups in total. The van der Waals surface area contributed by atoms with E-state index < -0.39 is 35.4 Å². The number of aromatic nitrogens is 2. The zero-order valence-electron chi connectivity index (χ0n) is 40.2. The van der Waals surface area contributed by atoms with Crippen molar-refractivity contribution in [3.63, 3.8) is 0 Å². The second-order valence-corrected chi connectivity index (χ2v) is 20.0. The number of aliphatic hydroxyl groups excluding tert-OH is 1. The van der Waals surface area contributed by atoms with Gasteiger partial charge in [0.1, 0.15) is 17.8 Å². The molecular formula is C52H62N8O9S. The van der Waals surface area contributed by atoms with E-state index in [4.69, 9.17) is 4.52 Å². The molecule has 7 rings (SSSR count). The molecule has 70 heavy (non-hydrogen) atoms. The van der Waals surface area contributed by atoms with Gasteiger partial charge >= 0.3 is 0 Å². The fourth-order valence-electron chi connectivity index (χ4n) is 8.84. The Morgan fingerprint density at radius 3 is 2.37 bits per heavy atom. The normalized spacial score (nSPS) is 16.8. The molecule has 0 unspecified atom stereocenters. The molecule has 5 aromatic rings. The average Bonchev–Trinajstić information content (AvgIpc) is 4.17. The number of carbonyl (C=O) groups excluding carboxylic acids is 6. The highest BCUT2D eigenvalue weighted by molar-refractivity contribution is 7.13. The van der Waals surface area contributed by atoms with Crippen LogP contribution in [0.25, 0.3) is 21.8 Å². The Morgan fingerprint density at radius 1 is 0.929 bits per heavy atom. The van der Waals surface area contributed by atoms with Crippen molar-refractivity contribution in [1.82, 2.24) is 41.2 Å². The predicted molar refractivity (Wildman–Crippen MR) is 263 cm³/mol. The first-order valence-corrected chi connectivity index (χ1v) is 24.6. The van der Waals surface area contributed by atoms with Gasteiger partial charge in [-0.1, -0.05) is 86.9 Å². The number of hydrogen-bond donors (Lipinski definition) is 6. The number of likely N-dealkylation sites (tertiary alicyclic amines) is 1. The molecule has 0 spiro atoms. The lowest BCUT2D eigenvalue weighted by atomic mass is 9.85. The lowest BCUT2D eigenvalue weighted by Crippen LogP contribution is -2.57. The summed E-state index contributed by atoms with van der Waals surface area (Å²) in [5.74, 6) is -2.23. The number of thiazole rings is 1. The van der Waals surface area contributed by atoms with Crippen LogP contribution in [0.15, 0.2) is 82.8 Å². The number of aliphatic hydroxyl groups is 1. The number of unbranched alkanes of at least 4 members (excludes halogenated alkanes) is 2. The maximum absolute atomic E-state index is 14.0. The Kier molecular flexibility index (Phi) is 16.5. The van der Waals surface area contributed by atoms with Crippen molar-refractivity contribution in [1.29, 1.82) is 0 Å². The highest BCUT2D eigenvalue weighted by Gasteiger charge is 2.44. The summed E-state index contributed by atoms with van der Waals surface area (Å²) in [7, 11) is 1.56. The number of hydrogen-bond acceptors (Lipinski definition) is 12. The standard InChI is InChI=1S/C52H62N8O9S/c1-31-46(70-30-55-31)34-17-15-32(16-18-34)28-54-49(66)41-26-36(61)29-60(41)51(68)47(52(2,3)4)57-45(64)14-8-6-7-13-44(63)53-23-24-59(5)50(67)38-21-19-35(25-42(38)62)43-27-40(58-69-43)48(65)56-39-22-20-33-11-9-10-12-37(33)39/h9-12,15-19,21,25,27,30,36,39,41,47,61-62H,6-8,13-14,20,22-24,26,28-29H2,1-5H3,(H,53,63)(H,54,66)(H,56,65)(H,57,64)/t36-,39-,41+,47-/m1/s1. The van der Waals surface area contributed by atoms with E-state index in [-0.39, 0.29) is 97.9 Å². The first-order chi connectivity index (χ1) is 33.5. The first-order valence-electron chi connectivity index (χ1n) is 23.7. The number of carbonyl (C=O) groups is 6. The minimum atomic E-state index is -0.947. The lowest BCUT2D eigenvalue weighted by Gasteiger charge is -2.35. The van der Waals surface area contributed by atoms with Crippen LogP contribution in [-0.4, -0.2) is 110 Å².